The lowest BCUT2D eigenvalue weighted by Gasteiger charge is -2.23. The van der Waals surface area contributed by atoms with Gasteiger partial charge in [0.1, 0.15) is 11.6 Å². The summed E-state index contributed by atoms with van der Waals surface area (Å²) in [6.45, 7) is 3.74. The molecule has 100 valence electrons. The van der Waals surface area contributed by atoms with Crippen LogP contribution in [-0.2, 0) is 6.54 Å². The van der Waals surface area contributed by atoms with Gasteiger partial charge in [0.2, 0.25) is 0 Å². The van der Waals surface area contributed by atoms with Crippen LogP contribution in [0.4, 0.5) is 4.39 Å². The highest BCUT2D eigenvalue weighted by Crippen LogP contribution is 2.33. The van der Waals surface area contributed by atoms with Crippen molar-refractivity contribution in [2.75, 3.05) is 6.54 Å². The van der Waals surface area contributed by atoms with Gasteiger partial charge in [0.15, 0.2) is 0 Å². The van der Waals surface area contributed by atoms with E-state index < -0.39 is 0 Å². The van der Waals surface area contributed by atoms with Crippen LogP contribution in [0.15, 0.2) is 34.9 Å². The molecule has 1 aliphatic heterocycles. The second-order valence-corrected chi connectivity index (χ2v) is 5.11. The summed E-state index contributed by atoms with van der Waals surface area (Å²) in [5.74, 6) is 0.660. The monoisotopic (exact) mass is 260 g/mol. The van der Waals surface area contributed by atoms with E-state index in [2.05, 4.69) is 10.1 Å². The Bertz CT molecular complexity index is 550. The average molecular weight is 260 g/mol. The van der Waals surface area contributed by atoms with Crippen LogP contribution in [0.2, 0.25) is 0 Å². The molecule has 0 amide bonds. The number of hydrogen-bond acceptors (Lipinski definition) is 3. The van der Waals surface area contributed by atoms with Crippen LogP contribution in [0, 0.1) is 12.7 Å². The minimum absolute atomic E-state index is 0.180. The maximum Gasteiger partial charge on any atom is 0.133 e. The van der Waals surface area contributed by atoms with Crippen molar-refractivity contribution in [3.8, 4) is 0 Å². The maximum absolute atomic E-state index is 13.0. The van der Waals surface area contributed by atoms with E-state index in [1.54, 1.807) is 0 Å². The molecule has 4 heteroatoms. The van der Waals surface area contributed by atoms with Gasteiger partial charge in [0.05, 0.1) is 5.69 Å². The van der Waals surface area contributed by atoms with E-state index >= 15 is 0 Å². The van der Waals surface area contributed by atoms with Crippen LogP contribution in [0.5, 0.6) is 0 Å². The molecule has 1 unspecified atom stereocenters. The third kappa shape index (κ3) is 2.68. The molecule has 1 atom stereocenters. The first-order valence-electron chi connectivity index (χ1n) is 6.64. The molecule has 1 aromatic carbocycles. The van der Waals surface area contributed by atoms with E-state index in [0.29, 0.717) is 6.04 Å². The zero-order chi connectivity index (χ0) is 13.2. The van der Waals surface area contributed by atoms with Crippen molar-refractivity contribution in [2.45, 2.75) is 32.4 Å². The summed E-state index contributed by atoms with van der Waals surface area (Å²) >= 11 is 0. The normalized spacial score (nSPS) is 20.0. The predicted octanol–water partition coefficient (Wildman–Crippen LogP) is 3.46. The Morgan fingerprint density at radius 1 is 1.37 bits per heavy atom. The lowest BCUT2D eigenvalue weighted by atomic mass is 10.0. The van der Waals surface area contributed by atoms with Crippen molar-refractivity contribution >= 4 is 0 Å². The van der Waals surface area contributed by atoms with Gasteiger partial charge in [-0.15, -0.1) is 0 Å². The molecule has 2 heterocycles. The Morgan fingerprint density at radius 2 is 2.16 bits per heavy atom. The van der Waals surface area contributed by atoms with E-state index in [1.165, 1.54) is 24.1 Å². The van der Waals surface area contributed by atoms with Crippen molar-refractivity contribution in [3.05, 3.63) is 53.2 Å². The van der Waals surface area contributed by atoms with E-state index in [9.17, 15) is 4.39 Å². The van der Waals surface area contributed by atoms with Crippen molar-refractivity contribution in [3.63, 3.8) is 0 Å². The van der Waals surface area contributed by atoms with E-state index in [0.717, 1.165) is 31.0 Å². The SMILES string of the molecule is Cc1cc(CN2CCCC2c2ccc(F)cc2)no1. The zero-order valence-electron chi connectivity index (χ0n) is 11.0. The fourth-order valence-electron chi connectivity index (χ4n) is 2.78. The molecule has 0 saturated carbocycles. The molecular formula is C15H17FN2O. The Kier molecular flexibility index (Phi) is 3.34. The van der Waals surface area contributed by atoms with Crippen molar-refractivity contribution in [1.82, 2.24) is 10.1 Å². The van der Waals surface area contributed by atoms with Gasteiger partial charge in [-0.05, 0) is 44.0 Å². The first-order chi connectivity index (χ1) is 9.22. The largest absolute Gasteiger partial charge is 0.361 e. The number of aryl methyl sites for hydroxylation is 1. The molecule has 3 nitrogen and oxygen atoms in total. The molecule has 0 bridgehead atoms. The lowest BCUT2D eigenvalue weighted by molar-refractivity contribution is 0.240. The molecule has 1 fully saturated rings. The van der Waals surface area contributed by atoms with Crippen LogP contribution in [0.25, 0.3) is 0 Å². The molecular weight excluding hydrogens is 243 g/mol. The Labute approximate surface area is 112 Å². The van der Waals surface area contributed by atoms with Gasteiger partial charge in [0, 0.05) is 18.7 Å². The highest BCUT2D eigenvalue weighted by molar-refractivity contribution is 5.21. The Balaban J connectivity index is 1.76. The predicted molar refractivity (Wildman–Crippen MR) is 70.0 cm³/mol. The first kappa shape index (κ1) is 12.4. The van der Waals surface area contributed by atoms with Crippen LogP contribution >= 0.6 is 0 Å². The second-order valence-electron chi connectivity index (χ2n) is 5.11. The van der Waals surface area contributed by atoms with Crippen molar-refractivity contribution in [2.24, 2.45) is 0 Å². The minimum Gasteiger partial charge on any atom is -0.361 e. The highest BCUT2D eigenvalue weighted by atomic mass is 19.1. The average Bonchev–Trinajstić information content (AvgIpc) is 3.00. The summed E-state index contributed by atoms with van der Waals surface area (Å²) in [4.78, 5) is 2.38. The third-order valence-corrected chi connectivity index (χ3v) is 3.66. The zero-order valence-corrected chi connectivity index (χ0v) is 11.0. The van der Waals surface area contributed by atoms with Gasteiger partial charge >= 0.3 is 0 Å². The maximum atomic E-state index is 13.0. The van der Waals surface area contributed by atoms with Gasteiger partial charge in [-0.25, -0.2) is 4.39 Å². The molecule has 0 N–H and O–H groups in total. The van der Waals surface area contributed by atoms with Crippen LogP contribution < -0.4 is 0 Å². The highest BCUT2D eigenvalue weighted by Gasteiger charge is 2.26. The summed E-state index contributed by atoms with van der Waals surface area (Å²) < 4.78 is 18.1. The van der Waals surface area contributed by atoms with Gasteiger partial charge in [0.25, 0.3) is 0 Å². The fraction of sp³-hybridized carbons (Fsp3) is 0.400. The minimum atomic E-state index is -0.180. The number of nitrogens with zero attached hydrogens (tertiary/aromatic N) is 2. The van der Waals surface area contributed by atoms with E-state index in [1.807, 2.05) is 25.1 Å². The standard InChI is InChI=1S/C15H17FN2O/c1-11-9-14(17-19-11)10-18-8-2-3-15(18)12-4-6-13(16)7-5-12/h4-7,9,15H,2-3,8,10H2,1H3. The summed E-state index contributed by atoms with van der Waals surface area (Å²) in [7, 11) is 0. The summed E-state index contributed by atoms with van der Waals surface area (Å²) in [6, 6.07) is 9.16. The molecule has 0 radical (unpaired) electrons. The van der Waals surface area contributed by atoms with Crippen molar-refractivity contribution < 1.29 is 8.91 Å². The quantitative estimate of drug-likeness (QED) is 0.846. The first-order valence-corrected chi connectivity index (χ1v) is 6.64. The summed E-state index contributed by atoms with van der Waals surface area (Å²) in [6.07, 6.45) is 2.28. The van der Waals surface area contributed by atoms with Crippen LogP contribution in [-0.4, -0.2) is 16.6 Å². The molecule has 0 spiro atoms. The van der Waals surface area contributed by atoms with Crippen molar-refractivity contribution in [1.29, 1.82) is 0 Å². The Hall–Kier alpha value is -1.68. The van der Waals surface area contributed by atoms with E-state index in [-0.39, 0.29) is 5.82 Å². The molecule has 19 heavy (non-hydrogen) atoms. The van der Waals surface area contributed by atoms with Crippen LogP contribution in [0.1, 0.15) is 35.9 Å². The summed E-state index contributed by atoms with van der Waals surface area (Å²) in [5, 5.41) is 4.04. The molecule has 3 rings (SSSR count). The number of benzene rings is 1. The number of likely N-dealkylation sites (tertiary alicyclic amines) is 1. The molecule has 0 aliphatic carbocycles. The number of hydrogen-bond donors (Lipinski definition) is 0. The molecule has 2 aromatic rings. The molecule has 1 saturated heterocycles. The second kappa shape index (κ2) is 5.13. The lowest BCUT2D eigenvalue weighted by Crippen LogP contribution is -2.22. The Morgan fingerprint density at radius 3 is 2.84 bits per heavy atom. The van der Waals surface area contributed by atoms with Gasteiger partial charge < -0.3 is 4.52 Å². The molecule has 1 aliphatic rings. The van der Waals surface area contributed by atoms with Gasteiger partial charge in [-0.3, -0.25) is 4.90 Å². The van der Waals surface area contributed by atoms with Crippen LogP contribution in [0.3, 0.4) is 0 Å². The fourth-order valence-corrected chi connectivity index (χ4v) is 2.78. The number of aromatic nitrogens is 1. The number of halogens is 1. The topological polar surface area (TPSA) is 29.3 Å². The summed E-state index contributed by atoms with van der Waals surface area (Å²) in [5.41, 5.74) is 2.14. The van der Waals surface area contributed by atoms with Gasteiger partial charge in [-0.1, -0.05) is 17.3 Å². The van der Waals surface area contributed by atoms with Gasteiger partial charge in [-0.2, -0.15) is 0 Å². The number of rotatable bonds is 3. The molecule has 1 aromatic heterocycles. The smallest absolute Gasteiger partial charge is 0.133 e. The van der Waals surface area contributed by atoms with E-state index in [4.69, 9.17) is 4.52 Å². The third-order valence-electron chi connectivity index (χ3n) is 3.66.